The quantitative estimate of drug-likeness (QED) is 0.839. The van der Waals surface area contributed by atoms with Gasteiger partial charge in [-0.2, -0.15) is 0 Å². The van der Waals surface area contributed by atoms with Crippen molar-refractivity contribution in [3.8, 4) is 5.75 Å². The van der Waals surface area contributed by atoms with Crippen LogP contribution in [0.4, 0.5) is 0 Å². The zero-order valence-electron chi connectivity index (χ0n) is 9.67. The minimum atomic E-state index is -0.237. The third kappa shape index (κ3) is 3.73. The SMILES string of the molecule is C[C@H](N)c1ccc(OC(C)(C)C)c(Cl)c1. The molecule has 84 valence electrons. The molecular formula is C12H18ClNO. The van der Waals surface area contributed by atoms with E-state index in [1.807, 2.05) is 45.9 Å². The maximum Gasteiger partial charge on any atom is 0.138 e. The van der Waals surface area contributed by atoms with Crippen LogP contribution in [0.2, 0.25) is 5.02 Å². The van der Waals surface area contributed by atoms with Crippen LogP contribution in [0.5, 0.6) is 5.75 Å². The smallest absolute Gasteiger partial charge is 0.138 e. The van der Waals surface area contributed by atoms with E-state index < -0.39 is 0 Å². The summed E-state index contributed by atoms with van der Waals surface area (Å²) in [4.78, 5) is 0. The highest BCUT2D eigenvalue weighted by atomic mass is 35.5. The maximum absolute atomic E-state index is 6.10. The fourth-order valence-electron chi connectivity index (χ4n) is 1.21. The standard InChI is InChI=1S/C12H18ClNO/c1-8(14)9-5-6-11(10(13)7-9)15-12(2,3)4/h5-8H,14H2,1-4H3/t8-/m0/s1. The van der Waals surface area contributed by atoms with Crippen molar-refractivity contribution in [1.82, 2.24) is 0 Å². The molecule has 0 aliphatic heterocycles. The molecule has 0 aliphatic carbocycles. The van der Waals surface area contributed by atoms with Crippen LogP contribution in [-0.4, -0.2) is 5.60 Å². The monoisotopic (exact) mass is 227 g/mol. The highest BCUT2D eigenvalue weighted by Crippen LogP contribution is 2.29. The second-order valence-electron chi connectivity index (χ2n) is 4.69. The van der Waals surface area contributed by atoms with Gasteiger partial charge in [-0.15, -0.1) is 0 Å². The second-order valence-corrected chi connectivity index (χ2v) is 5.10. The molecule has 0 unspecified atom stereocenters. The summed E-state index contributed by atoms with van der Waals surface area (Å²) in [5.41, 5.74) is 6.54. The largest absolute Gasteiger partial charge is 0.487 e. The van der Waals surface area contributed by atoms with Crippen molar-refractivity contribution < 1.29 is 4.74 Å². The third-order valence-electron chi connectivity index (χ3n) is 1.90. The zero-order valence-corrected chi connectivity index (χ0v) is 10.4. The Morgan fingerprint density at radius 3 is 2.33 bits per heavy atom. The summed E-state index contributed by atoms with van der Waals surface area (Å²) in [5.74, 6) is 0.702. The van der Waals surface area contributed by atoms with Gasteiger partial charge < -0.3 is 10.5 Å². The lowest BCUT2D eigenvalue weighted by Gasteiger charge is -2.22. The van der Waals surface area contributed by atoms with E-state index in [1.54, 1.807) is 0 Å². The van der Waals surface area contributed by atoms with E-state index in [2.05, 4.69) is 0 Å². The summed E-state index contributed by atoms with van der Waals surface area (Å²) in [6, 6.07) is 5.66. The fourth-order valence-corrected chi connectivity index (χ4v) is 1.44. The van der Waals surface area contributed by atoms with Crippen molar-refractivity contribution in [2.45, 2.75) is 39.3 Å². The van der Waals surface area contributed by atoms with E-state index in [-0.39, 0.29) is 11.6 Å². The molecule has 1 rings (SSSR count). The number of halogens is 1. The average Bonchev–Trinajstić information content (AvgIpc) is 2.05. The third-order valence-corrected chi connectivity index (χ3v) is 2.19. The van der Waals surface area contributed by atoms with Crippen LogP contribution in [0.1, 0.15) is 39.3 Å². The van der Waals surface area contributed by atoms with Gasteiger partial charge in [0.05, 0.1) is 5.02 Å². The van der Waals surface area contributed by atoms with Gasteiger partial charge in [-0.05, 0) is 45.4 Å². The van der Waals surface area contributed by atoms with Gasteiger partial charge >= 0.3 is 0 Å². The molecule has 3 heteroatoms. The lowest BCUT2D eigenvalue weighted by atomic mass is 10.1. The molecule has 0 heterocycles. The summed E-state index contributed by atoms with van der Waals surface area (Å²) in [6.07, 6.45) is 0. The van der Waals surface area contributed by atoms with E-state index in [9.17, 15) is 0 Å². The fraction of sp³-hybridized carbons (Fsp3) is 0.500. The first-order chi connectivity index (χ1) is 6.79. The maximum atomic E-state index is 6.10. The Labute approximate surface area is 96.4 Å². The Bertz CT molecular complexity index is 342. The van der Waals surface area contributed by atoms with E-state index in [1.165, 1.54) is 0 Å². The van der Waals surface area contributed by atoms with Crippen molar-refractivity contribution in [1.29, 1.82) is 0 Å². The number of hydrogen-bond acceptors (Lipinski definition) is 2. The molecule has 0 fully saturated rings. The molecule has 2 nitrogen and oxygen atoms in total. The van der Waals surface area contributed by atoms with Crippen molar-refractivity contribution >= 4 is 11.6 Å². The second kappa shape index (κ2) is 4.42. The molecule has 0 saturated carbocycles. The van der Waals surface area contributed by atoms with Crippen LogP contribution in [0.25, 0.3) is 0 Å². The van der Waals surface area contributed by atoms with Gasteiger partial charge in [0.2, 0.25) is 0 Å². The summed E-state index contributed by atoms with van der Waals surface area (Å²) >= 11 is 6.10. The van der Waals surface area contributed by atoms with E-state index in [0.717, 1.165) is 5.56 Å². The van der Waals surface area contributed by atoms with Gasteiger partial charge in [0.15, 0.2) is 0 Å². The topological polar surface area (TPSA) is 35.2 Å². The summed E-state index contributed by atoms with van der Waals surface area (Å²) < 4.78 is 5.69. The Morgan fingerprint density at radius 1 is 1.33 bits per heavy atom. The van der Waals surface area contributed by atoms with Crippen LogP contribution in [0.15, 0.2) is 18.2 Å². The van der Waals surface area contributed by atoms with E-state index >= 15 is 0 Å². The molecular weight excluding hydrogens is 210 g/mol. The van der Waals surface area contributed by atoms with Gasteiger partial charge in [-0.3, -0.25) is 0 Å². The first-order valence-electron chi connectivity index (χ1n) is 5.03. The van der Waals surface area contributed by atoms with Crippen molar-refractivity contribution in [3.63, 3.8) is 0 Å². The van der Waals surface area contributed by atoms with E-state index in [0.29, 0.717) is 10.8 Å². The Kier molecular flexibility index (Phi) is 3.63. The molecule has 1 aromatic carbocycles. The number of hydrogen-bond donors (Lipinski definition) is 1. The molecule has 0 aliphatic rings. The molecule has 0 amide bonds. The predicted molar refractivity (Wildman–Crippen MR) is 64.4 cm³/mol. The Hall–Kier alpha value is -0.730. The lowest BCUT2D eigenvalue weighted by molar-refractivity contribution is 0.131. The van der Waals surface area contributed by atoms with Gasteiger partial charge in [0.1, 0.15) is 11.4 Å². The molecule has 1 atom stereocenters. The van der Waals surface area contributed by atoms with Gasteiger partial charge in [-0.1, -0.05) is 17.7 Å². The number of ether oxygens (including phenoxy) is 1. The van der Waals surface area contributed by atoms with Gasteiger partial charge in [-0.25, -0.2) is 0 Å². The summed E-state index contributed by atoms with van der Waals surface area (Å²) in [6.45, 7) is 7.89. The number of rotatable bonds is 2. The molecule has 0 saturated heterocycles. The first-order valence-corrected chi connectivity index (χ1v) is 5.41. The molecule has 0 aromatic heterocycles. The zero-order chi connectivity index (χ0) is 11.6. The van der Waals surface area contributed by atoms with Crippen LogP contribution in [-0.2, 0) is 0 Å². The molecule has 2 N–H and O–H groups in total. The van der Waals surface area contributed by atoms with E-state index in [4.69, 9.17) is 22.1 Å². The van der Waals surface area contributed by atoms with Gasteiger partial charge in [0.25, 0.3) is 0 Å². The summed E-state index contributed by atoms with van der Waals surface area (Å²) in [7, 11) is 0. The molecule has 0 radical (unpaired) electrons. The molecule has 0 spiro atoms. The molecule has 1 aromatic rings. The van der Waals surface area contributed by atoms with Crippen LogP contribution >= 0.6 is 11.6 Å². The van der Waals surface area contributed by atoms with Crippen LogP contribution in [0.3, 0.4) is 0 Å². The minimum absolute atomic E-state index is 0.00816. The average molecular weight is 228 g/mol. The van der Waals surface area contributed by atoms with Crippen molar-refractivity contribution in [2.75, 3.05) is 0 Å². The van der Waals surface area contributed by atoms with Crippen molar-refractivity contribution in [3.05, 3.63) is 28.8 Å². The summed E-state index contributed by atoms with van der Waals surface area (Å²) in [5, 5.41) is 0.611. The van der Waals surface area contributed by atoms with Crippen LogP contribution < -0.4 is 10.5 Å². The predicted octanol–water partition coefficient (Wildman–Crippen LogP) is 3.54. The molecule has 15 heavy (non-hydrogen) atoms. The Morgan fingerprint density at radius 2 is 1.93 bits per heavy atom. The first kappa shape index (κ1) is 12.3. The van der Waals surface area contributed by atoms with Crippen LogP contribution in [0, 0.1) is 0 Å². The minimum Gasteiger partial charge on any atom is -0.487 e. The normalized spacial score (nSPS) is 13.7. The van der Waals surface area contributed by atoms with Crippen molar-refractivity contribution in [2.24, 2.45) is 5.73 Å². The van der Waals surface area contributed by atoms with Gasteiger partial charge in [0, 0.05) is 6.04 Å². The number of benzene rings is 1. The Balaban J connectivity index is 2.94. The highest BCUT2D eigenvalue weighted by Gasteiger charge is 2.14. The highest BCUT2D eigenvalue weighted by molar-refractivity contribution is 6.32. The lowest BCUT2D eigenvalue weighted by Crippen LogP contribution is -2.23. The molecule has 0 bridgehead atoms. The number of nitrogens with two attached hydrogens (primary N) is 1.